The van der Waals surface area contributed by atoms with Crippen molar-refractivity contribution in [2.75, 3.05) is 25.6 Å². The summed E-state index contributed by atoms with van der Waals surface area (Å²) in [6.07, 6.45) is 0. The van der Waals surface area contributed by atoms with E-state index in [0.717, 1.165) is 10.8 Å². The fraction of sp³-hybridized carbons (Fsp3) is 0.286. The summed E-state index contributed by atoms with van der Waals surface area (Å²) >= 11 is 0. The predicted octanol–water partition coefficient (Wildman–Crippen LogP) is 1.35. The zero-order chi connectivity index (χ0) is 14.5. The van der Waals surface area contributed by atoms with E-state index in [2.05, 4.69) is 10.3 Å². The minimum Gasteiger partial charge on any atom is -0.477 e. The van der Waals surface area contributed by atoms with Crippen LogP contribution in [0.25, 0.3) is 10.8 Å². The number of fused-ring (bicyclic) bond motifs is 1. The van der Waals surface area contributed by atoms with Gasteiger partial charge in [-0.2, -0.15) is 0 Å². The molecule has 0 aliphatic carbocycles. The Balaban J connectivity index is 2.46. The summed E-state index contributed by atoms with van der Waals surface area (Å²) in [5.41, 5.74) is -0.0414. The second-order valence-corrected chi connectivity index (χ2v) is 4.36. The van der Waals surface area contributed by atoms with Crippen molar-refractivity contribution in [2.24, 2.45) is 0 Å². The highest BCUT2D eigenvalue weighted by Gasteiger charge is 2.14. The molecule has 0 aliphatic heterocycles. The molecule has 3 N–H and O–H groups in total. The number of nitrogens with one attached hydrogen (secondary N) is 1. The molecule has 0 amide bonds. The number of methoxy groups -OCH3 is 1. The maximum atomic E-state index is 11.1. The maximum Gasteiger partial charge on any atom is 0.354 e. The molecule has 0 saturated carbocycles. The number of hydrogen-bond donors (Lipinski definition) is 3. The van der Waals surface area contributed by atoms with Gasteiger partial charge in [0.25, 0.3) is 0 Å². The third-order valence-electron chi connectivity index (χ3n) is 2.89. The van der Waals surface area contributed by atoms with Gasteiger partial charge in [0.05, 0.1) is 19.3 Å². The van der Waals surface area contributed by atoms with Crippen LogP contribution in [0.3, 0.4) is 0 Å². The van der Waals surface area contributed by atoms with Crippen molar-refractivity contribution in [3.8, 4) is 0 Å². The molecule has 0 fully saturated rings. The highest BCUT2D eigenvalue weighted by atomic mass is 16.5. The van der Waals surface area contributed by atoms with E-state index in [-0.39, 0.29) is 18.3 Å². The lowest BCUT2D eigenvalue weighted by molar-refractivity contribution is 0.0691. The number of carboxylic acids is 1. The molecule has 0 aliphatic rings. The van der Waals surface area contributed by atoms with Gasteiger partial charge in [-0.1, -0.05) is 24.3 Å². The monoisotopic (exact) mass is 276 g/mol. The summed E-state index contributed by atoms with van der Waals surface area (Å²) in [5.74, 6) is -0.664. The smallest absolute Gasteiger partial charge is 0.354 e. The number of pyridine rings is 1. The van der Waals surface area contributed by atoms with Gasteiger partial charge in [-0.15, -0.1) is 0 Å². The molecule has 1 aromatic heterocycles. The summed E-state index contributed by atoms with van der Waals surface area (Å²) in [6.45, 7) is 0.158. The van der Waals surface area contributed by atoms with Gasteiger partial charge in [-0.25, -0.2) is 9.78 Å². The van der Waals surface area contributed by atoms with Crippen molar-refractivity contribution in [3.63, 3.8) is 0 Å². The molecule has 106 valence electrons. The molecule has 20 heavy (non-hydrogen) atoms. The number of aromatic carboxylic acids is 1. The first kappa shape index (κ1) is 14.2. The Hall–Kier alpha value is -2.18. The van der Waals surface area contributed by atoms with Gasteiger partial charge in [0, 0.05) is 12.5 Å². The van der Waals surface area contributed by atoms with E-state index in [4.69, 9.17) is 9.84 Å². The number of anilines is 1. The van der Waals surface area contributed by atoms with E-state index < -0.39 is 5.97 Å². The molecule has 1 aromatic carbocycles. The zero-order valence-electron chi connectivity index (χ0n) is 11.0. The van der Waals surface area contributed by atoms with Crippen LogP contribution in [0.1, 0.15) is 10.5 Å². The largest absolute Gasteiger partial charge is 0.477 e. The zero-order valence-corrected chi connectivity index (χ0v) is 11.0. The quantitative estimate of drug-likeness (QED) is 0.737. The number of rotatable bonds is 6. The first-order valence-electron chi connectivity index (χ1n) is 6.15. The van der Waals surface area contributed by atoms with Crippen LogP contribution in [-0.2, 0) is 4.74 Å². The molecule has 0 spiro atoms. The van der Waals surface area contributed by atoms with E-state index in [1.54, 1.807) is 0 Å². The number of carbonyl (C=O) groups is 1. The number of carboxylic acid groups (broad SMARTS) is 1. The highest BCUT2D eigenvalue weighted by Crippen LogP contribution is 2.23. The van der Waals surface area contributed by atoms with E-state index >= 15 is 0 Å². The Bertz CT molecular complexity index is 615. The lowest BCUT2D eigenvalue weighted by Gasteiger charge is -2.17. The molecule has 1 atom stereocenters. The standard InChI is InChI=1S/C14H16N2O4/c1-20-8-10(7-17)15-13-11-5-3-2-4-9(11)6-12(16-13)14(18)19/h2-6,10,17H,7-8H2,1H3,(H,15,16)(H,18,19). The molecule has 2 rings (SSSR count). The Kier molecular flexibility index (Phi) is 4.49. The summed E-state index contributed by atoms with van der Waals surface area (Å²) in [4.78, 5) is 15.2. The molecular weight excluding hydrogens is 260 g/mol. The third-order valence-corrected chi connectivity index (χ3v) is 2.89. The van der Waals surface area contributed by atoms with Crippen LogP contribution in [-0.4, -0.2) is 47.5 Å². The molecule has 0 saturated heterocycles. The predicted molar refractivity (Wildman–Crippen MR) is 75.1 cm³/mol. The van der Waals surface area contributed by atoms with E-state index in [0.29, 0.717) is 12.4 Å². The SMILES string of the molecule is COCC(CO)Nc1nc(C(=O)O)cc2ccccc12. The molecule has 1 heterocycles. The van der Waals surface area contributed by atoms with Crippen LogP contribution in [0.15, 0.2) is 30.3 Å². The second-order valence-electron chi connectivity index (χ2n) is 4.36. The van der Waals surface area contributed by atoms with Crippen molar-refractivity contribution in [1.29, 1.82) is 0 Å². The topological polar surface area (TPSA) is 91.7 Å². The van der Waals surface area contributed by atoms with Crippen LogP contribution >= 0.6 is 0 Å². The third kappa shape index (κ3) is 3.04. The Morgan fingerprint density at radius 2 is 2.20 bits per heavy atom. The number of ether oxygens (including phenoxy) is 1. The summed E-state index contributed by atoms with van der Waals surface area (Å²) in [7, 11) is 1.53. The molecule has 1 unspecified atom stereocenters. The first-order chi connectivity index (χ1) is 9.65. The van der Waals surface area contributed by atoms with Crippen LogP contribution in [0.5, 0.6) is 0 Å². The van der Waals surface area contributed by atoms with Gasteiger partial charge in [-0.05, 0) is 11.5 Å². The Labute approximate surface area is 116 Å². The van der Waals surface area contributed by atoms with Crippen molar-refractivity contribution >= 4 is 22.6 Å². The van der Waals surface area contributed by atoms with E-state index in [9.17, 15) is 9.90 Å². The van der Waals surface area contributed by atoms with Gasteiger partial charge >= 0.3 is 5.97 Å². The summed E-state index contributed by atoms with van der Waals surface area (Å²) in [5, 5.41) is 23.0. The molecule has 6 heteroatoms. The molecule has 2 aromatic rings. The summed E-state index contributed by atoms with van der Waals surface area (Å²) in [6, 6.07) is 8.51. The van der Waals surface area contributed by atoms with E-state index in [1.807, 2.05) is 24.3 Å². The normalized spacial score (nSPS) is 12.3. The van der Waals surface area contributed by atoms with Gasteiger partial charge in [0.1, 0.15) is 5.82 Å². The number of benzene rings is 1. The molecular formula is C14H16N2O4. The van der Waals surface area contributed by atoms with Gasteiger partial charge in [-0.3, -0.25) is 0 Å². The van der Waals surface area contributed by atoms with Gasteiger partial charge < -0.3 is 20.3 Å². The number of nitrogens with zero attached hydrogens (tertiary/aromatic N) is 1. The Morgan fingerprint density at radius 1 is 1.45 bits per heavy atom. The number of hydrogen-bond acceptors (Lipinski definition) is 5. The minimum atomic E-state index is -1.09. The van der Waals surface area contributed by atoms with Crippen LogP contribution in [0, 0.1) is 0 Å². The van der Waals surface area contributed by atoms with Crippen molar-refractivity contribution in [2.45, 2.75) is 6.04 Å². The van der Waals surface area contributed by atoms with Crippen LogP contribution in [0.4, 0.5) is 5.82 Å². The molecule has 0 bridgehead atoms. The highest BCUT2D eigenvalue weighted by molar-refractivity contribution is 5.97. The maximum absolute atomic E-state index is 11.1. The molecule has 0 radical (unpaired) electrons. The lowest BCUT2D eigenvalue weighted by Crippen LogP contribution is -2.29. The number of aliphatic hydroxyl groups excluding tert-OH is 1. The van der Waals surface area contributed by atoms with Crippen molar-refractivity contribution < 1.29 is 19.7 Å². The minimum absolute atomic E-state index is 0.0414. The number of aromatic nitrogens is 1. The fourth-order valence-corrected chi connectivity index (χ4v) is 1.95. The van der Waals surface area contributed by atoms with Gasteiger partial charge in [0.2, 0.25) is 0 Å². The molecule has 6 nitrogen and oxygen atoms in total. The van der Waals surface area contributed by atoms with E-state index in [1.165, 1.54) is 13.2 Å². The Morgan fingerprint density at radius 3 is 2.85 bits per heavy atom. The van der Waals surface area contributed by atoms with Crippen molar-refractivity contribution in [1.82, 2.24) is 4.98 Å². The average molecular weight is 276 g/mol. The van der Waals surface area contributed by atoms with Crippen LogP contribution < -0.4 is 5.32 Å². The summed E-state index contributed by atoms with van der Waals surface area (Å²) < 4.78 is 4.99. The van der Waals surface area contributed by atoms with Crippen molar-refractivity contribution in [3.05, 3.63) is 36.0 Å². The fourth-order valence-electron chi connectivity index (χ4n) is 1.95. The van der Waals surface area contributed by atoms with Gasteiger partial charge in [0.15, 0.2) is 5.69 Å². The lowest BCUT2D eigenvalue weighted by atomic mass is 10.1. The number of aliphatic hydroxyl groups is 1. The second kappa shape index (κ2) is 6.31. The average Bonchev–Trinajstić information content (AvgIpc) is 2.46. The van der Waals surface area contributed by atoms with Crippen LogP contribution in [0.2, 0.25) is 0 Å². The first-order valence-corrected chi connectivity index (χ1v) is 6.15.